The molecule has 124 valence electrons. The summed E-state index contributed by atoms with van der Waals surface area (Å²) in [6, 6.07) is 11.0. The van der Waals surface area contributed by atoms with Crippen molar-refractivity contribution in [2.24, 2.45) is 0 Å². The Labute approximate surface area is 141 Å². The molecule has 0 unspecified atom stereocenters. The molecule has 0 amide bonds. The Balaban J connectivity index is 0.000000174. The Morgan fingerprint density at radius 3 is 2.43 bits per heavy atom. The van der Waals surface area contributed by atoms with Gasteiger partial charge in [-0.05, 0) is 43.5 Å². The molecule has 0 bridgehead atoms. The maximum Gasteiger partial charge on any atom is 0.120 e. The minimum atomic E-state index is 0.182. The molecule has 5 N–H and O–H groups in total. The lowest BCUT2D eigenvalue weighted by atomic mass is 10.2. The summed E-state index contributed by atoms with van der Waals surface area (Å²) in [5.74, 6) is 0.518. The van der Waals surface area contributed by atoms with Gasteiger partial charge in [-0.25, -0.2) is 0 Å². The van der Waals surface area contributed by atoms with E-state index in [1.165, 1.54) is 31.7 Å². The van der Waals surface area contributed by atoms with E-state index in [9.17, 15) is 5.11 Å². The maximum absolute atomic E-state index is 9.25. The molecule has 23 heavy (non-hydrogen) atoms. The van der Waals surface area contributed by atoms with Gasteiger partial charge in [-0.3, -0.25) is 0 Å². The van der Waals surface area contributed by atoms with Gasteiger partial charge < -0.3 is 21.3 Å². The van der Waals surface area contributed by atoms with Gasteiger partial charge in [0.25, 0.3) is 0 Å². The lowest BCUT2D eigenvalue weighted by molar-refractivity contribution is 0.471. The fraction of sp³-hybridized carbons (Fsp3) is 0.333. The third-order valence-corrected chi connectivity index (χ3v) is 4.21. The molecular weight excluding hydrogens is 312 g/mol. The summed E-state index contributed by atoms with van der Waals surface area (Å²) >= 11 is 5.65. The molecule has 1 aliphatic rings. The van der Waals surface area contributed by atoms with Crippen molar-refractivity contribution in [1.29, 1.82) is 0 Å². The Bertz CT molecular complexity index is 605. The minimum absolute atomic E-state index is 0.182. The van der Waals surface area contributed by atoms with Gasteiger partial charge in [0.15, 0.2) is 0 Å². The van der Waals surface area contributed by atoms with Crippen molar-refractivity contribution in [2.45, 2.75) is 38.6 Å². The van der Waals surface area contributed by atoms with Gasteiger partial charge in [-0.1, -0.05) is 30.5 Å². The first-order valence-electron chi connectivity index (χ1n) is 7.76. The van der Waals surface area contributed by atoms with Crippen LogP contribution in [0.1, 0.15) is 31.2 Å². The smallest absolute Gasteiger partial charge is 0.120 e. The summed E-state index contributed by atoms with van der Waals surface area (Å²) in [5.41, 5.74) is 7.57. The van der Waals surface area contributed by atoms with E-state index in [1.54, 1.807) is 25.1 Å². The number of hydrogen-bond acceptors (Lipinski definition) is 4. The van der Waals surface area contributed by atoms with E-state index >= 15 is 0 Å². The molecule has 0 aromatic heterocycles. The van der Waals surface area contributed by atoms with Gasteiger partial charge in [0, 0.05) is 23.9 Å². The van der Waals surface area contributed by atoms with E-state index < -0.39 is 0 Å². The number of phenols is 2. The van der Waals surface area contributed by atoms with Crippen LogP contribution in [0, 0.1) is 6.92 Å². The SMILES string of the molecule is Cc1cc(Cl)c(N)cc1O.Oc1cccc(NC2CCCC2)c1. The molecule has 1 aliphatic carbocycles. The first-order chi connectivity index (χ1) is 11.0. The number of nitrogen functional groups attached to an aromatic ring is 1. The summed E-state index contributed by atoms with van der Waals surface area (Å²) in [7, 11) is 0. The number of rotatable bonds is 2. The zero-order chi connectivity index (χ0) is 16.8. The topological polar surface area (TPSA) is 78.5 Å². The van der Waals surface area contributed by atoms with Crippen LogP contribution in [0.3, 0.4) is 0 Å². The first kappa shape index (κ1) is 17.3. The van der Waals surface area contributed by atoms with Crippen molar-refractivity contribution in [2.75, 3.05) is 11.1 Å². The molecule has 1 saturated carbocycles. The van der Waals surface area contributed by atoms with Crippen LogP contribution in [0.15, 0.2) is 36.4 Å². The largest absolute Gasteiger partial charge is 0.508 e. The van der Waals surface area contributed by atoms with Gasteiger partial charge in [-0.15, -0.1) is 0 Å². The zero-order valence-corrected chi connectivity index (χ0v) is 14.0. The Hall–Kier alpha value is -2.07. The number of nitrogens with two attached hydrogens (primary N) is 1. The number of phenolic OH excluding ortho intramolecular Hbond substituents is 2. The molecule has 0 radical (unpaired) electrons. The monoisotopic (exact) mass is 334 g/mol. The molecule has 5 heteroatoms. The number of aromatic hydroxyl groups is 2. The molecule has 2 aromatic carbocycles. The van der Waals surface area contributed by atoms with Crippen molar-refractivity contribution >= 4 is 23.0 Å². The van der Waals surface area contributed by atoms with Crippen molar-refractivity contribution in [1.82, 2.24) is 0 Å². The number of nitrogens with one attached hydrogen (secondary N) is 1. The molecule has 0 saturated heterocycles. The highest BCUT2D eigenvalue weighted by Gasteiger charge is 2.14. The van der Waals surface area contributed by atoms with Crippen LogP contribution in [0.2, 0.25) is 5.02 Å². The van der Waals surface area contributed by atoms with Crippen LogP contribution in [0.5, 0.6) is 11.5 Å². The van der Waals surface area contributed by atoms with Gasteiger partial charge in [-0.2, -0.15) is 0 Å². The van der Waals surface area contributed by atoms with Crippen LogP contribution >= 0.6 is 11.6 Å². The lowest BCUT2D eigenvalue weighted by Gasteiger charge is -2.13. The highest BCUT2D eigenvalue weighted by molar-refractivity contribution is 6.33. The standard InChI is InChI=1S/C11H15NO.C7H8ClNO/c13-11-7-3-6-10(8-11)12-9-4-1-2-5-9;1-4-2-5(8)6(9)3-7(4)10/h3,6-9,12-13H,1-2,4-5H2;2-3,10H,9H2,1H3. The molecular formula is C18H23ClN2O2. The first-order valence-corrected chi connectivity index (χ1v) is 8.13. The molecule has 0 aliphatic heterocycles. The number of benzene rings is 2. The lowest BCUT2D eigenvalue weighted by Crippen LogP contribution is -2.14. The second kappa shape index (κ2) is 7.97. The highest BCUT2D eigenvalue weighted by atomic mass is 35.5. The minimum Gasteiger partial charge on any atom is -0.508 e. The summed E-state index contributed by atoms with van der Waals surface area (Å²) in [6.07, 6.45) is 5.18. The zero-order valence-electron chi connectivity index (χ0n) is 13.2. The third kappa shape index (κ3) is 5.25. The van der Waals surface area contributed by atoms with E-state index in [4.69, 9.17) is 22.4 Å². The predicted octanol–water partition coefficient (Wildman–Crippen LogP) is 4.68. The molecule has 4 nitrogen and oxygen atoms in total. The average Bonchev–Trinajstić information content (AvgIpc) is 2.99. The third-order valence-electron chi connectivity index (χ3n) is 3.89. The van der Waals surface area contributed by atoms with Crippen LogP contribution < -0.4 is 11.1 Å². The van der Waals surface area contributed by atoms with Crippen molar-refractivity contribution in [3.05, 3.63) is 47.0 Å². The summed E-state index contributed by atoms with van der Waals surface area (Å²) < 4.78 is 0. The van der Waals surface area contributed by atoms with Gasteiger partial charge in [0.05, 0.1) is 10.7 Å². The normalized spacial score (nSPS) is 14.2. The van der Waals surface area contributed by atoms with Crippen molar-refractivity contribution in [3.8, 4) is 11.5 Å². The van der Waals surface area contributed by atoms with Crippen LogP contribution in [-0.2, 0) is 0 Å². The fourth-order valence-corrected chi connectivity index (χ4v) is 2.80. The van der Waals surface area contributed by atoms with E-state index in [0.29, 0.717) is 22.5 Å². The van der Waals surface area contributed by atoms with Crippen molar-refractivity contribution in [3.63, 3.8) is 0 Å². The summed E-state index contributed by atoms with van der Waals surface area (Å²) in [4.78, 5) is 0. The van der Waals surface area contributed by atoms with E-state index in [2.05, 4.69) is 5.32 Å². The van der Waals surface area contributed by atoms with Crippen LogP contribution in [0.25, 0.3) is 0 Å². The second-order valence-corrected chi connectivity index (χ2v) is 6.24. The fourth-order valence-electron chi connectivity index (χ4n) is 2.58. The molecule has 0 spiro atoms. The summed E-state index contributed by atoms with van der Waals surface area (Å²) in [6.45, 7) is 1.76. The number of aryl methyl sites for hydroxylation is 1. The maximum atomic E-state index is 9.25. The Morgan fingerprint density at radius 1 is 1.13 bits per heavy atom. The Kier molecular flexibility index (Phi) is 5.99. The van der Waals surface area contributed by atoms with E-state index in [-0.39, 0.29) is 5.75 Å². The van der Waals surface area contributed by atoms with Crippen molar-refractivity contribution < 1.29 is 10.2 Å². The quantitative estimate of drug-likeness (QED) is 0.601. The van der Waals surface area contributed by atoms with Gasteiger partial charge in [0.2, 0.25) is 0 Å². The van der Waals surface area contributed by atoms with Gasteiger partial charge >= 0.3 is 0 Å². The second-order valence-electron chi connectivity index (χ2n) is 5.84. The highest BCUT2D eigenvalue weighted by Crippen LogP contribution is 2.26. The predicted molar refractivity (Wildman–Crippen MR) is 96.3 cm³/mol. The number of halogens is 1. The van der Waals surface area contributed by atoms with Crippen LogP contribution in [0.4, 0.5) is 11.4 Å². The molecule has 0 heterocycles. The number of hydrogen-bond donors (Lipinski definition) is 4. The number of anilines is 2. The molecule has 0 atom stereocenters. The van der Waals surface area contributed by atoms with E-state index in [0.717, 1.165) is 11.3 Å². The summed E-state index contributed by atoms with van der Waals surface area (Å²) in [5, 5.41) is 22.2. The Morgan fingerprint density at radius 2 is 1.83 bits per heavy atom. The average molecular weight is 335 g/mol. The van der Waals surface area contributed by atoms with E-state index in [1.807, 2.05) is 12.1 Å². The molecule has 1 fully saturated rings. The van der Waals surface area contributed by atoms with Gasteiger partial charge in [0.1, 0.15) is 11.5 Å². The van der Waals surface area contributed by atoms with Crippen LogP contribution in [-0.4, -0.2) is 16.3 Å². The molecule has 2 aromatic rings. The molecule has 3 rings (SSSR count).